The molecule has 0 unspecified atom stereocenters. The predicted molar refractivity (Wildman–Crippen MR) is 73.3 cm³/mol. The highest BCUT2D eigenvalue weighted by molar-refractivity contribution is 5.33. The van der Waals surface area contributed by atoms with Gasteiger partial charge in [-0.05, 0) is 31.0 Å². The minimum Gasteiger partial charge on any atom is -0.489 e. The van der Waals surface area contributed by atoms with Crippen molar-refractivity contribution in [3.63, 3.8) is 0 Å². The molecule has 17 heavy (non-hydrogen) atoms. The highest BCUT2D eigenvalue weighted by atomic mass is 16.5. The summed E-state index contributed by atoms with van der Waals surface area (Å²) in [4.78, 5) is 0. The van der Waals surface area contributed by atoms with Gasteiger partial charge in [0.05, 0.1) is 0 Å². The SMILES string of the molecule is C=C(C)COc1ccccc1CNCC(C)C. The van der Waals surface area contributed by atoms with Crippen molar-refractivity contribution in [1.82, 2.24) is 5.32 Å². The molecule has 0 atom stereocenters. The van der Waals surface area contributed by atoms with Gasteiger partial charge in [-0.1, -0.05) is 38.6 Å². The minimum atomic E-state index is 0.585. The van der Waals surface area contributed by atoms with Gasteiger partial charge < -0.3 is 10.1 Å². The zero-order valence-corrected chi connectivity index (χ0v) is 11.1. The molecule has 1 aromatic carbocycles. The average molecular weight is 233 g/mol. The summed E-state index contributed by atoms with van der Waals surface area (Å²) in [6.45, 7) is 12.7. The lowest BCUT2D eigenvalue weighted by atomic mass is 10.2. The molecule has 0 spiro atoms. The molecule has 2 heteroatoms. The molecule has 94 valence electrons. The van der Waals surface area contributed by atoms with E-state index < -0.39 is 0 Å². The van der Waals surface area contributed by atoms with Gasteiger partial charge in [0.1, 0.15) is 12.4 Å². The van der Waals surface area contributed by atoms with Crippen LogP contribution in [-0.2, 0) is 6.54 Å². The lowest BCUT2D eigenvalue weighted by molar-refractivity contribution is 0.347. The lowest BCUT2D eigenvalue weighted by Crippen LogP contribution is -2.19. The van der Waals surface area contributed by atoms with E-state index in [1.54, 1.807) is 0 Å². The summed E-state index contributed by atoms with van der Waals surface area (Å²) in [6, 6.07) is 8.15. The first kappa shape index (κ1) is 13.8. The van der Waals surface area contributed by atoms with Gasteiger partial charge in [-0.25, -0.2) is 0 Å². The molecule has 0 saturated carbocycles. The summed E-state index contributed by atoms with van der Waals surface area (Å²) < 4.78 is 5.72. The molecule has 0 bridgehead atoms. The smallest absolute Gasteiger partial charge is 0.124 e. The van der Waals surface area contributed by atoms with E-state index in [4.69, 9.17) is 4.74 Å². The number of rotatable bonds is 7. The standard InChI is InChI=1S/C15H23NO/c1-12(2)9-16-10-14-7-5-6-8-15(14)17-11-13(3)4/h5-8,12,16H,3,9-11H2,1-2,4H3. The normalized spacial score (nSPS) is 10.6. The van der Waals surface area contributed by atoms with Crippen molar-refractivity contribution in [2.75, 3.05) is 13.2 Å². The maximum atomic E-state index is 5.72. The van der Waals surface area contributed by atoms with E-state index in [-0.39, 0.29) is 0 Å². The van der Waals surface area contributed by atoms with Gasteiger partial charge in [0, 0.05) is 12.1 Å². The summed E-state index contributed by atoms with van der Waals surface area (Å²) in [5, 5.41) is 3.43. The highest BCUT2D eigenvalue weighted by Gasteiger charge is 2.03. The predicted octanol–water partition coefficient (Wildman–Crippen LogP) is 3.39. The summed E-state index contributed by atoms with van der Waals surface area (Å²) in [5.74, 6) is 1.62. The summed E-state index contributed by atoms with van der Waals surface area (Å²) in [6.07, 6.45) is 0. The topological polar surface area (TPSA) is 21.3 Å². The second-order valence-electron chi connectivity index (χ2n) is 4.88. The lowest BCUT2D eigenvalue weighted by Gasteiger charge is -2.13. The van der Waals surface area contributed by atoms with Crippen LogP contribution in [0.25, 0.3) is 0 Å². The van der Waals surface area contributed by atoms with Crippen LogP contribution in [0.5, 0.6) is 5.75 Å². The van der Waals surface area contributed by atoms with E-state index in [0.29, 0.717) is 12.5 Å². The highest BCUT2D eigenvalue weighted by Crippen LogP contribution is 2.18. The molecular weight excluding hydrogens is 210 g/mol. The van der Waals surface area contributed by atoms with E-state index >= 15 is 0 Å². The molecule has 0 aromatic heterocycles. The number of nitrogens with one attached hydrogen (secondary N) is 1. The van der Waals surface area contributed by atoms with E-state index in [1.807, 2.05) is 25.1 Å². The van der Waals surface area contributed by atoms with Crippen LogP contribution in [-0.4, -0.2) is 13.2 Å². The second-order valence-corrected chi connectivity index (χ2v) is 4.88. The van der Waals surface area contributed by atoms with Crippen LogP contribution in [0.15, 0.2) is 36.4 Å². The molecule has 0 aliphatic heterocycles. The Balaban J connectivity index is 2.54. The molecule has 0 aliphatic carbocycles. The van der Waals surface area contributed by atoms with Crippen molar-refractivity contribution in [1.29, 1.82) is 0 Å². The van der Waals surface area contributed by atoms with Crippen molar-refractivity contribution in [2.24, 2.45) is 5.92 Å². The number of ether oxygens (including phenoxy) is 1. The van der Waals surface area contributed by atoms with E-state index in [2.05, 4.69) is 31.8 Å². The van der Waals surface area contributed by atoms with Crippen molar-refractivity contribution < 1.29 is 4.74 Å². The Kier molecular flexibility index (Phi) is 5.78. The molecule has 0 saturated heterocycles. The zero-order chi connectivity index (χ0) is 12.7. The summed E-state index contributed by atoms with van der Waals surface area (Å²) in [7, 11) is 0. The quantitative estimate of drug-likeness (QED) is 0.729. The Morgan fingerprint density at radius 1 is 1.35 bits per heavy atom. The molecule has 0 heterocycles. The Bertz CT molecular complexity index is 358. The van der Waals surface area contributed by atoms with Crippen LogP contribution in [0.4, 0.5) is 0 Å². The number of para-hydroxylation sites is 1. The molecule has 1 rings (SSSR count). The first-order valence-electron chi connectivity index (χ1n) is 6.15. The molecule has 0 fully saturated rings. The van der Waals surface area contributed by atoms with E-state index in [1.165, 1.54) is 5.56 Å². The van der Waals surface area contributed by atoms with Gasteiger partial charge in [0.2, 0.25) is 0 Å². The van der Waals surface area contributed by atoms with Gasteiger partial charge in [0.15, 0.2) is 0 Å². The maximum Gasteiger partial charge on any atom is 0.124 e. The number of hydrogen-bond acceptors (Lipinski definition) is 2. The van der Waals surface area contributed by atoms with E-state index in [9.17, 15) is 0 Å². The van der Waals surface area contributed by atoms with Gasteiger partial charge >= 0.3 is 0 Å². The van der Waals surface area contributed by atoms with Crippen LogP contribution < -0.4 is 10.1 Å². The summed E-state index contributed by atoms with van der Waals surface area (Å²) in [5.41, 5.74) is 2.24. The maximum absolute atomic E-state index is 5.72. The minimum absolute atomic E-state index is 0.585. The average Bonchev–Trinajstić information content (AvgIpc) is 2.27. The fraction of sp³-hybridized carbons (Fsp3) is 0.467. The van der Waals surface area contributed by atoms with Crippen molar-refractivity contribution >= 4 is 0 Å². The van der Waals surface area contributed by atoms with E-state index in [0.717, 1.165) is 24.4 Å². The third-order valence-electron chi connectivity index (χ3n) is 2.31. The van der Waals surface area contributed by atoms with Crippen molar-refractivity contribution in [2.45, 2.75) is 27.3 Å². The van der Waals surface area contributed by atoms with Gasteiger partial charge in [0.25, 0.3) is 0 Å². The fourth-order valence-corrected chi connectivity index (χ4v) is 1.49. The Morgan fingerprint density at radius 2 is 2.06 bits per heavy atom. The first-order valence-corrected chi connectivity index (χ1v) is 6.15. The Hall–Kier alpha value is -1.28. The van der Waals surface area contributed by atoms with Crippen LogP contribution in [0.1, 0.15) is 26.3 Å². The number of benzene rings is 1. The summed E-state index contributed by atoms with van der Waals surface area (Å²) >= 11 is 0. The van der Waals surface area contributed by atoms with Crippen molar-refractivity contribution in [3.8, 4) is 5.75 Å². The largest absolute Gasteiger partial charge is 0.489 e. The number of hydrogen-bond donors (Lipinski definition) is 1. The molecule has 1 aromatic rings. The zero-order valence-electron chi connectivity index (χ0n) is 11.1. The molecule has 0 radical (unpaired) electrons. The molecule has 0 aliphatic rings. The van der Waals surface area contributed by atoms with Crippen LogP contribution in [0.3, 0.4) is 0 Å². The fourth-order valence-electron chi connectivity index (χ4n) is 1.49. The Labute approximate surface area is 105 Å². The molecular formula is C15H23NO. The van der Waals surface area contributed by atoms with Crippen LogP contribution >= 0.6 is 0 Å². The first-order chi connectivity index (χ1) is 8.09. The monoisotopic (exact) mass is 233 g/mol. The molecule has 0 amide bonds. The van der Waals surface area contributed by atoms with Gasteiger partial charge in [-0.3, -0.25) is 0 Å². The van der Waals surface area contributed by atoms with Crippen molar-refractivity contribution in [3.05, 3.63) is 42.0 Å². The van der Waals surface area contributed by atoms with Gasteiger partial charge in [-0.2, -0.15) is 0 Å². The third kappa shape index (κ3) is 5.55. The second kappa shape index (κ2) is 7.13. The molecule has 1 N–H and O–H groups in total. The van der Waals surface area contributed by atoms with Gasteiger partial charge in [-0.15, -0.1) is 0 Å². The van der Waals surface area contributed by atoms with Crippen LogP contribution in [0.2, 0.25) is 0 Å². The third-order valence-corrected chi connectivity index (χ3v) is 2.31. The molecule has 2 nitrogen and oxygen atoms in total. The van der Waals surface area contributed by atoms with Crippen LogP contribution in [0, 0.1) is 5.92 Å². The Morgan fingerprint density at radius 3 is 2.71 bits per heavy atom.